The molecule has 11 heteroatoms. The molecule has 37 heavy (non-hydrogen) atoms. The van der Waals surface area contributed by atoms with Gasteiger partial charge in [0.25, 0.3) is 0 Å². The van der Waals surface area contributed by atoms with Gasteiger partial charge in [0.1, 0.15) is 12.3 Å². The smallest absolute Gasteiger partial charge is 0.356 e. The zero-order valence-corrected chi connectivity index (χ0v) is 23.9. The maximum atomic E-state index is 8.25. The maximum absolute atomic E-state index is 8.25. The Hall–Kier alpha value is -3.17. The molecular formula is C26H26N2O6P2Pt+2. The van der Waals surface area contributed by atoms with E-state index in [1.165, 1.54) is 33.5 Å². The molecule has 0 saturated heterocycles. The van der Waals surface area contributed by atoms with E-state index in [-0.39, 0.29) is 21.1 Å². The fourth-order valence-electron chi connectivity index (χ4n) is 3.72. The Kier molecular flexibility index (Phi) is 15.6. The minimum atomic E-state index is -1.75. The average molecular weight is 720 g/mol. The van der Waals surface area contributed by atoms with Crippen LogP contribution < -0.4 is 21.2 Å². The van der Waals surface area contributed by atoms with Gasteiger partial charge in [-0.2, -0.15) is 0 Å². The molecule has 0 aliphatic heterocycles. The van der Waals surface area contributed by atoms with Gasteiger partial charge < -0.3 is 30.6 Å². The van der Waals surface area contributed by atoms with Crippen LogP contribution in [0.15, 0.2) is 121 Å². The molecule has 0 aliphatic carbocycles. The van der Waals surface area contributed by atoms with Crippen LogP contribution in [0.3, 0.4) is 0 Å². The Morgan fingerprint density at radius 2 is 0.595 bits per heavy atom. The molecule has 0 unspecified atom stereocenters. The molecule has 0 aromatic heterocycles. The van der Waals surface area contributed by atoms with Crippen molar-refractivity contribution in [3.63, 3.8) is 0 Å². The van der Waals surface area contributed by atoms with Crippen LogP contribution in [0.2, 0.25) is 0 Å². The van der Waals surface area contributed by atoms with Crippen molar-refractivity contribution in [2.75, 3.05) is 12.3 Å². The summed E-state index contributed by atoms with van der Waals surface area (Å²) in [6, 6.07) is 44.5. The second kappa shape index (κ2) is 18.1. The first-order valence-electron chi connectivity index (χ1n) is 10.9. The van der Waals surface area contributed by atoms with Gasteiger partial charge in [-0.15, -0.1) is 0 Å². The van der Waals surface area contributed by atoms with E-state index in [1.54, 1.807) is 0 Å². The van der Waals surface area contributed by atoms with Crippen molar-refractivity contribution in [2.45, 2.75) is 0 Å². The summed E-state index contributed by atoms with van der Waals surface area (Å²) in [5, 5.41) is 35.6. The molecule has 4 aromatic carbocycles. The van der Waals surface area contributed by atoms with Crippen LogP contribution in [0, 0.1) is 30.6 Å². The minimum Gasteiger partial charge on any atom is -0.356 e. The molecule has 194 valence electrons. The van der Waals surface area contributed by atoms with E-state index in [4.69, 9.17) is 30.6 Å². The van der Waals surface area contributed by atoms with Crippen LogP contribution in [0.1, 0.15) is 0 Å². The van der Waals surface area contributed by atoms with E-state index in [0.717, 1.165) is 0 Å². The molecule has 4 aromatic rings. The molecule has 0 spiro atoms. The van der Waals surface area contributed by atoms with Crippen molar-refractivity contribution in [1.29, 1.82) is 0 Å². The summed E-state index contributed by atoms with van der Waals surface area (Å²) >= 11 is 0. The standard InChI is InChI=1S/C26H24P2.2NO3.Pt/c1-5-13-23(14-6-1)27(24-15-7-2-8-16-24)21-22-28(25-17-9-3-10-18-25)26-19-11-4-12-20-26;2*2-1(3)4;/h1-20H,21-22H2;;;/q;2*-1;+2/p+2. The van der Waals surface area contributed by atoms with Crippen molar-refractivity contribution in [2.24, 2.45) is 0 Å². The monoisotopic (exact) mass is 719 g/mol. The first-order chi connectivity index (χ1) is 17.4. The minimum absolute atomic E-state index is 0. The van der Waals surface area contributed by atoms with Gasteiger partial charge >= 0.3 is 21.1 Å². The summed E-state index contributed by atoms with van der Waals surface area (Å²) < 4.78 is 0. The van der Waals surface area contributed by atoms with Crippen molar-refractivity contribution >= 4 is 37.1 Å². The third kappa shape index (κ3) is 12.6. The van der Waals surface area contributed by atoms with Crippen molar-refractivity contribution in [3.05, 3.63) is 152 Å². The molecule has 0 bridgehead atoms. The third-order valence-corrected chi connectivity index (χ3v) is 11.2. The Bertz CT molecular complexity index is 995. The van der Waals surface area contributed by atoms with Crippen LogP contribution in [-0.4, -0.2) is 22.5 Å². The Morgan fingerprint density at radius 3 is 0.757 bits per heavy atom. The summed E-state index contributed by atoms with van der Waals surface area (Å²) in [4.78, 5) is 16.5. The molecule has 4 rings (SSSR count). The number of benzene rings is 4. The second-order valence-corrected chi connectivity index (χ2v) is 12.6. The molecule has 0 saturated carbocycles. The molecule has 0 heterocycles. The van der Waals surface area contributed by atoms with Gasteiger partial charge in [-0.05, 0) is 48.5 Å². The topological polar surface area (TPSA) is 132 Å². The zero-order chi connectivity index (χ0) is 26.2. The first-order valence-corrected chi connectivity index (χ1v) is 14.4. The normalized spacial score (nSPS) is 9.68. The van der Waals surface area contributed by atoms with Gasteiger partial charge in [0.15, 0.2) is 0 Å². The number of hydrogen-bond donors (Lipinski definition) is 0. The molecule has 0 amide bonds. The molecule has 0 N–H and O–H groups in total. The molecule has 0 radical (unpaired) electrons. The van der Waals surface area contributed by atoms with Crippen LogP contribution in [0.5, 0.6) is 0 Å². The molecule has 0 atom stereocenters. The first kappa shape index (κ1) is 31.9. The van der Waals surface area contributed by atoms with E-state index in [1.807, 2.05) is 0 Å². The molecule has 0 aliphatic rings. The quantitative estimate of drug-likeness (QED) is 0.160. The molecule has 8 nitrogen and oxygen atoms in total. The van der Waals surface area contributed by atoms with Crippen LogP contribution in [-0.2, 0) is 21.1 Å². The predicted octanol–water partition coefficient (Wildman–Crippen LogP) is 4.24. The van der Waals surface area contributed by atoms with Crippen LogP contribution in [0.25, 0.3) is 0 Å². The summed E-state index contributed by atoms with van der Waals surface area (Å²) in [6.45, 7) is 0. The second-order valence-electron chi connectivity index (χ2n) is 7.37. The van der Waals surface area contributed by atoms with Crippen molar-refractivity contribution < 1.29 is 31.2 Å². The summed E-state index contributed by atoms with van der Waals surface area (Å²) in [6.07, 6.45) is 2.52. The summed E-state index contributed by atoms with van der Waals surface area (Å²) in [7, 11) is -1.57. The third-order valence-electron chi connectivity index (χ3n) is 5.11. The van der Waals surface area contributed by atoms with Gasteiger partial charge in [0.05, 0.1) is 47.2 Å². The predicted molar refractivity (Wildman–Crippen MR) is 151 cm³/mol. The fraction of sp³-hybridized carbons (Fsp3) is 0.0769. The largest absolute Gasteiger partial charge is 2.00 e. The van der Waals surface area contributed by atoms with Gasteiger partial charge in [-0.1, -0.05) is 72.8 Å². The maximum Gasteiger partial charge on any atom is 2.00 e. The van der Waals surface area contributed by atoms with Gasteiger partial charge in [0.2, 0.25) is 0 Å². The van der Waals surface area contributed by atoms with Gasteiger partial charge in [-0.25, -0.2) is 0 Å². The Balaban J connectivity index is 0.000000671. The van der Waals surface area contributed by atoms with E-state index in [0.29, 0.717) is 0 Å². The molecule has 0 fully saturated rings. The zero-order valence-electron chi connectivity index (χ0n) is 19.6. The summed E-state index contributed by atoms with van der Waals surface area (Å²) in [5.41, 5.74) is 0. The van der Waals surface area contributed by atoms with Gasteiger partial charge in [0, 0.05) is 0 Å². The number of hydrogen-bond acceptors (Lipinski definition) is 6. The number of nitrogens with zero attached hydrogens (tertiary/aromatic N) is 2. The Labute approximate surface area is 232 Å². The molecular weight excluding hydrogens is 693 g/mol. The SMILES string of the molecule is O=[N+]([O-])[O-].O=[N+]([O-])[O-].[Pt+2].c1ccc([PH+](CC[PH+](c2ccccc2)c2ccccc2)c2ccccc2)cc1. The van der Waals surface area contributed by atoms with Gasteiger partial charge in [-0.3, -0.25) is 0 Å². The van der Waals surface area contributed by atoms with E-state index >= 15 is 0 Å². The fourth-order valence-corrected chi connectivity index (χ4v) is 9.92. The Morgan fingerprint density at radius 1 is 0.432 bits per heavy atom. The van der Waals surface area contributed by atoms with E-state index in [2.05, 4.69) is 121 Å². The van der Waals surface area contributed by atoms with Crippen LogP contribution >= 0.6 is 15.8 Å². The number of rotatable bonds is 7. The van der Waals surface area contributed by atoms with E-state index in [9.17, 15) is 0 Å². The average Bonchev–Trinajstić information content (AvgIpc) is 2.88. The van der Waals surface area contributed by atoms with Crippen molar-refractivity contribution in [3.8, 4) is 0 Å². The van der Waals surface area contributed by atoms with Crippen molar-refractivity contribution in [1.82, 2.24) is 0 Å². The van der Waals surface area contributed by atoms with Crippen LogP contribution in [0.4, 0.5) is 0 Å². The summed E-state index contributed by atoms with van der Waals surface area (Å²) in [5.74, 6) is 0. The van der Waals surface area contributed by atoms with E-state index < -0.39 is 26.0 Å².